The Hall–Kier alpha value is -0.780. The summed E-state index contributed by atoms with van der Waals surface area (Å²) in [7, 11) is 0. The van der Waals surface area contributed by atoms with Gasteiger partial charge >= 0.3 is 0 Å². The van der Waals surface area contributed by atoms with E-state index < -0.39 is 0 Å². The summed E-state index contributed by atoms with van der Waals surface area (Å²) in [4.78, 5) is 0. The van der Waals surface area contributed by atoms with E-state index in [1.54, 1.807) is 0 Å². The number of benzene rings is 1. The lowest BCUT2D eigenvalue weighted by Crippen LogP contribution is -2.28. The van der Waals surface area contributed by atoms with Crippen LogP contribution in [0.15, 0.2) is 16.6 Å². The number of hydrogen-bond acceptors (Lipinski definition) is 4. The minimum atomic E-state index is 0.0852. The summed E-state index contributed by atoms with van der Waals surface area (Å²) < 4.78 is 12.0. The Balaban J connectivity index is 2.11. The molecule has 1 aliphatic rings. The first-order valence-electron chi connectivity index (χ1n) is 5.63. The zero-order chi connectivity index (χ0) is 12.3. The highest BCUT2D eigenvalue weighted by Gasteiger charge is 2.16. The zero-order valence-electron chi connectivity index (χ0n) is 9.70. The van der Waals surface area contributed by atoms with Gasteiger partial charge in [0.2, 0.25) is 0 Å². The minimum absolute atomic E-state index is 0.0852. The third-order valence-electron chi connectivity index (χ3n) is 2.59. The molecule has 0 radical (unpaired) electrons. The van der Waals surface area contributed by atoms with Crippen LogP contribution in [0, 0.1) is 0 Å². The van der Waals surface area contributed by atoms with Gasteiger partial charge in [-0.1, -0.05) is 0 Å². The summed E-state index contributed by atoms with van der Waals surface area (Å²) >= 11 is 3.47. The van der Waals surface area contributed by atoms with Crippen molar-refractivity contribution in [2.24, 2.45) is 0 Å². The molecule has 17 heavy (non-hydrogen) atoms. The Kier molecular flexibility index (Phi) is 4.25. The summed E-state index contributed by atoms with van der Waals surface area (Å²) in [5.41, 5.74) is 1.10. The van der Waals surface area contributed by atoms with E-state index in [1.807, 2.05) is 19.1 Å². The molecule has 5 heteroatoms. The van der Waals surface area contributed by atoms with E-state index in [4.69, 9.17) is 14.6 Å². The predicted octanol–water partition coefficient (Wildman–Crippen LogP) is 1.69. The van der Waals surface area contributed by atoms with Crippen molar-refractivity contribution >= 4 is 15.9 Å². The van der Waals surface area contributed by atoms with Gasteiger partial charge in [0.1, 0.15) is 13.2 Å². The first kappa shape index (κ1) is 12.7. The van der Waals surface area contributed by atoms with E-state index in [9.17, 15) is 0 Å². The molecular formula is C12H16BrNO3. The van der Waals surface area contributed by atoms with Gasteiger partial charge < -0.3 is 19.9 Å². The first-order chi connectivity index (χ1) is 8.20. The number of aliphatic hydroxyl groups excluding tert-OH is 1. The summed E-state index contributed by atoms with van der Waals surface area (Å²) in [5.74, 6) is 1.55. The number of hydrogen-bond donors (Lipinski definition) is 2. The molecule has 2 N–H and O–H groups in total. The maximum atomic E-state index is 8.94. The molecular weight excluding hydrogens is 286 g/mol. The Morgan fingerprint density at radius 1 is 1.41 bits per heavy atom. The van der Waals surface area contributed by atoms with Gasteiger partial charge in [0.25, 0.3) is 0 Å². The third kappa shape index (κ3) is 3.12. The van der Waals surface area contributed by atoms with E-state index in [1.165, 1.54) is 0 Å². The van der Waals surface area contributed by atoms with Crippen LogP contribution in [0.1, 0.15) is 12.5 Å². The summed E-state index contributed by atoms with van der Waals surface area (Å²) in [6, 6.07) is 4.06. The van der Waals surface area contributed by atoms with Crippen LogP contribution in [0.2, 0.25) is 0 Å². The molecule has 0 fully saturated rings. The molecule has 0 aromatic heterocycles. The largest absolute Gasteiger partial charge is 0.486 e. The fourth-order valence-corrected chi connectivity index (χ4v) is 2.23. The van der Waals surface area contributed by atoms with E-state index in [2.05, 4.69) is 21.2 Å². The average molecular weight is 302 g/mol. The van der Waals surface area contributed by atoms with Crippen LogP contribution in [0.3, 0.4) is 0 Å². The Morgan fingerprint density at radius 2 is 2.18 bits per heavy atom. The second-order valence-electron chi connectivity index (χ2n) is 4.07. The molecule has 94 valence electrons. The zero-order valence-corrected chi connectivity index (χ0v) is 11.3. The first-order valence-corrected chi connectivity index (χ1v) is 6.42. The molecule has 2 rings (SSSR count). The van der Waals surface area contributed by atoms with Crippen molar-refractivity contribution < 1.29 is 14.6 Å². The predicted molar refractivity (Wildman–Crippen MR) is 68.5 cm³/mol. The van der Waals surface area contributed by atoms with Gasteiger partial charge in [0.15, 0.2) is 11.5 Å². The number of aliphatic hydroxyl groups is 1. The molecule has 0 aliphatic carbocycles. The molecule has 1 aliphatic heterocycles. The number of fused-ring (bicyclic) bond motifs is 1. The summed E-state index contributed by atoms with van der Waals surface area (Å²) in [5, 5.41) is 12.2. The molecule has 4 nitrogen and oxygen atoms in total. The normalized spacial score (nSPS) is 15.7. The highest BCUT2D eigenvalue weighted by molar-refractivity contribution is 9.10. The van der Waals surface area contributed by atoms with Crippen molar-refractivity contribution in [3.63, 3.8) is 0 Å². The number of ether oxygens (including phenoxy) is 2. The monoisotopic (exact) mass is 301 g/mol. The average Bonchev–Trinajstić information content (AvgIpc) is 2.36. The number of nitrogens with one attached hydrogen (secondary N) is 1. The lowest BCUT2D eigenvalue weighted by Gasteiger charge is -2.21. The van der Waals surface area contributed by atoms with Crippen molar-refractivity contribution in [3.8, 4) is 11.5 Å². The number of halogens is 1. The van der Waals surface area contributed by atoms with E-state index in [-0.39, 0.29) is 12.6 Å². The van der Waals surface area contributed by atoms with Crippen molar-refractivity contribution in [2.45, 2.75) is 19.5 Å². The van der Waals surface area contributed by atoms with Crippen LogP contribution < -0.4 is 14.8 Å². The summed E-state index contributed by atoms with van der Waals surface area (Å²) in [6.07, 6.45) is 0. The molecule has 0 amide bonds. The van der Waals surface area contributed by atoms with Gasteiger partial charge in [-0.25, -0.2) is 0 Å². The van der Waals surface area contributed by atoms with Crippen LogP contribution in [0.5, 0.6) is 11.5 Å². The second-order valence-corrected chi connectivity index (χ2v) is 4.92. The minimum Gasteiger partial charge on any atom is -0.486 e. The van der Waals surface area contributed by atoms with Crippen LogP contribution >= 0.6 is 15.9 Å². The van der Waals surface area contributed by atoms with Crippen molar-refractivity contribution in [1.82, 2.24) is 5.32 Å². The van der Waals surface area contributed by atoms with Gasteiger partial charge in [-0.3, -0.25) is 0 Å². The molecule has 0 saturated carbocycles. The fourth-order valence-electron chi connectivity index (χ4n) is 1.62. The van der Waals surface area contributed by atoms with Crippen molar-refractivity contribution in [2.75, 3.05) is 19.8 Å². The molecule has 1 heterocycles. The van der Waals surface area contributed by atoms with Gasteiger partial charge in [-0.2, -0.15) is 0 Å². The van der Waals surface area contributed by atoms with Crippen LogP contribution in [-0.2, 0) is 6.54 Å². The molecule has 0 saturated heterocycles. The molecule has 0 spiro atoms. The topological polar surface area (TPSA) is 50.7 Å². The Labute approximate surface area is 109 Å². The van der Waals surface area contributed by atoms with E-state index >= 15 is 0 Å². The highest BCUT2D eigenvalue weighted by atomic mass is 79.9. The SMILES string of the molecule is CC(CO)NCc1cc(Br)c2c(c1)OCCO2. The van der Waals surface area contributed by atoms with Gasteiger partial charge in [0.05, 0.1) is 11.1 Å². The highest BCUT2D eigenvalue weighted by Crippen LogP contribution is 2.38. The summed E-state index contributed by atoms with van der Waals surface area (Å²) in [6.45, 7) is 3.93. The van der Waals surface area contributed by atoms with E-state index in [0.29, 0.717) is 19.8 Å². The lowest BCUT2D eigenvalue weighted by atomic mass is 10.2. The van der Waals surface area contributed by atoms with E-state index in [0.717, 1.165) is 21.5 Å². The fraction of sp³-hybridized carbons (Fsp3) is 0.500. The standard InChI is InChI=1S/C12H16BrNO3/c1-8(7-15)14-6-9-4-10(13)12-11(5-9)16-2-3-17-12/h4-5,8,14-15H,2-3,6-7H2,1H3. The molecule has 1 unspecified atom stereocenters. The molecule has 1 atom stereocenters. The smallest absolute Gasteiger partial charge is 0.175 e. The van der Waals surface area contributed by atoms with Gasteiger partial charge in [-0.05, 0) is 40.5 Å². The van der Waals surface area contributed by atoms with Crippen molar-refractivity contribution in [1.29, 1.82) is 0 Å². The molecule has 1 aromatic rings. The molecule has 0 bridgehead atoms. The maximum Gasteiger partial charge on any atom is 0.175 e. The molecule has 1 aromatic carbocycles. The van der Waals surface area contributed by atoms with Gasteiger partial charge in [0, 0.05) is 12.6 Å². The number of rotatable bonds is 4. The Bertz CT molecular complexity index is 398. The van der Waals surface area contributed by atoms with Gasteiger partial charge in [-0.15, -0.1) is 0 Å². The Morgan fingerprint density at radius 3 is 2.94 bits per heavy atom. The van der Waals surface area contributed by atoms with Crippen LogP contribution in [-0.4, -0.2) is 31.0 Å². The lowest BCUT2D eigenvalue weighted by molar-refractivity contribution is 0.170. The van der Waals surface area contributed by atoms with Crippen LogP contribution in [0.4, 0.5) is 0 Å². The second kappa shape index (κ2) is 5.71. The maximum absolute atomic E-state index is 8.94. The van der Waals surface area contributed by atoms with Crippen LogP contribution in [0.25, 0.3) is 0 Å². The quantitative estimate of drug-likeness (QED) is 0.889. The third-order valence-corrected chi connectivity index (χ3v) is 3.17. The van der Waals surface area contributed by atoms with Crippen molar-refractivity contribution in [3.05, 3.63) is 22.2 Å².